The molecule has 0 aliphatic carbocycles. The molecule has 0 spiro atoms. The van der Waals surface area contributed by atoms with Gasteiger partial charge in [-0.05, 0) is 24.3 Å². The summed E-state index contributed by atoms with van der Waals surface area (Å²) < 4.78 is 5.37. The van der Waals surface area contributed by atoms with Crippen molar-refractivity contribution in [2.45, 2.75) is 6.92 Å². The Balaban J connectivity index is 2.42. The number of hydrogen-bond acceptors (Lipinski definition) is 3. The van der Waals surface area contributed by atoms with Gasteiger partial charge in [0.15, 0.2) is 0 Å². The first kappa shape index (κ1) is 13.0. The number of carboxylic acids is 1. The van der Waals surface area contributed by atoms with Crippen LogP contribution in [0.4, 0.5) is 0 Å². The number of carboxylic acid groups (broad SMARTS) is 1. The van der Waals surface area contributed by atoms with Gasteiger partial charge in [-0.2, -0.15) is 0 Å². The van der Waals surface area contributed by atoms with Crippen LogP contribution in [0.1, 0.15) is 17.3 Å². The fourth-order valence-corrected chi connectivity index (χ4v) is 1.15. The number of amides is 1. The average Bonchev–Trinajstić information content (AvgIpc) is 2.29. The van der Waals surface area contributed by atoms with Crippen LogP contribution in [0.25, 0.3) is 0 Å². The molecule has 5 nitrogen and oxygen atoms in total. The number of ether oxygens (including phenoxy) is 1. The number of hydrogen-bond donors (Lipinski definition) is 1. The molecule has 1 aromatic rings. The molecule has 0 unspecified atom stereocenters. The monoisotopic (exact) mass is 237 g/mol. The Morgan fingerprint density at radius 2 is 1.88 bits per heavy atom. The Hall–Kier alpha value is -2.04. The molecule has 0 aromatic heterocycles. The van der Waals surface area contributed by atoms with Crippen LogP contribution in [0.5, 0.6) is 5.75 Å². The molecule has 0 fully saturated rings. The lowest BCUT2D eigenvalue weighted by molar-refractivity contribution is -0.127. The molecular formula is C12H15NO4. The van der Waals surface area contributed by atoms with E-state index >= 15 is 0 Å². The molecule has 0 atom stereocenters. The van der Waals surface area contributed by atoms with Gasteiger partial charge < -0.3 is 14.7 Å². The van der Waals surface area contributed by atoms with Crippen molar-refractivity contribution in [3.8, 4) is 5.75 Å². The number of carbonyl (C=O) groups is 2. The molecule has 0 bridgehead atoms. The Labute approximate surface area is 99.6 Å². The van der Waals surface area contributed by atoms with Crippen LogP contribution >= 0.6 is 0 Å². The predicted molar refractivity (Wildman–Crippen MR) is 62.2 cm³/mol. The van der Waals surface area contributed by atoms with Crippen molar-refractivity contribution in [3.05, 3.63) is 29.8 Å². The van der Waals surface area contributed by atoms with Crippen LogP contribution in [-0.2, 0) is 4.79 Å². The van der Waals surface area contributed by atoms with Gasteiger partial charge in [0.2, 0.25) is 5.91 Å². The first-order valence-electron chi connectivity index (χ1n) is 5.18. The Morgan fingerprint density at radius 1 is 1.29 bits per heavy atom. The summed E-state index contributed by atoms with van der Waals surface area (Å²) in [5, 5.41) is 8.70. The van der Waals surface area contributed by atoms with Crippen molar-refractivity contribution < 1.29 is 19.4 Å². The summed E-state index contributed by atoms with van der Waals surface area (Å²) in [6.45, 7) is 2.36. The van der Waals surface area contributed by atoms with Gasteiger partial charge in [-0.1, -0.05) is 0 Å². The highest BCUT2D eigenvalue weighted by Crippen LogP contribution is 2.11. The maximum atomic E-state index is 10.9. The Kier molecular flexibility index (Phi) is 4.51. The topological polar surface area (TPSA) is 66.8 Å². The quantitative estimate of drug-likeness (QED) is 0.836. The number of benzene rings is 1. The van der Waals surface area contributed by atoms with Crippen LogP contribution in [0.2, 0.25) is 0 Å². The summed E-state index contributed by atoms with van der Waals surface area (Å²) in [4.78, 5) is 23.1. The largest absolute Gasteiger partial charge is 0.492 e. The highest BCUT2D eigenvalue weighted by Gasteiger charge is 2.03. The van der Waals surface area contributed by atoms with Crippen LogP contribution in [-0.4, -0.2) is 42.1 Å². The Morgan fingerprint density at radius 3 is 2.35 bits per heavy atom. The molecule has 0 saturated carbocycles. The third-order valence-corrected chi connectivity index (χ3v) is 2.33. The summed E-state index contributed by atoms with van der Waals surface area (Å²) in [7, 11) is 1.69. The second kappa shape index (κ2) is 5.89. The van der Waals surface area contributed by atoms with E-state index in [0.29, 0.717) is 18.9 Å². The van der Waals surface area contributed by atoms with Gasteiger partial charge in [0.05, 0.1) is 12.1 Å². The van der Waals surface area contributed by atoms with E-state index < -0.39 is 5.97 Å². The normalized spacial score (nSPS) is 9.76. The molecule has 0 heterocycles. The summed E-state index contributed by atoms with van der Waals surface area (Å²) in [6, 6.07) is 6.15. The van der Waals surface area contributed by atoms with Crippen LogP contribution in [0, 0.1) is 0 Å². The van der Waals surface area contributed by atoms with E-state index in [1.807, 2.05) is 0 Å². The maximum Gasteiger partial charge on any atom is 0.335 e. The maximum absolute atomic E-state index is 10.9. The van der Waals surface area contributed by atoms with Crippen molar-refractivity contribution in [1.82, 2.24) is 4.90 Å². The summed E-state index contributed by atoms with van der Waals surface area (Å²) in [6.07, 6.45) is 0. The fourth-order valence-electron chi connectivity index (χ4n) is 1.15. The van der Waals surface area contributed by atoms with E-state index in [1.165, 1.54) is 19.1 Å². The first-order valence-corrected chi connectivity index (χ1v) is 5.18. The lowest BCUT2D eigenvalue weighted by Crippen LogP contribution is -2.28. The molecule has 1 aromatic carbocycles. The van der Waals surface area contributed by atoms with Gasteiger partial charge >= 0.3 is 5.97 Å². The van der Waals surface area contributed by atoms with Crippen molar-refractivity contribution in [1.29, 1.82) is 0 Å². The Bertz CT molecular complexity index is 399. The number of rotatable bonds is 5. The van der Waals surface area contributed by atoms with Crippen LogP contribution < -0.4 is 4.74 Å². The van der Waals surface area contributed by atoms with E-state index in [2.05, 4.69) is 0 Å². The molecule has 1 amide bonds. The molecule has 0 aliphatic rings. The smallest absolute Gasteiger partial charge is 0.335 e. The van der Waals surface area contributed by atoms with Crippen LogP contribution in [0.15, 0.2) is 24.3 Å². The van der Waals surface area contributed by atoms with E-state index in [0.717, 1.165) is 0 Å². The third kappa shape index (κ3) is 4.14. The SMILES string of the molecule is CC(=O)N(C)CCOc1ccc(C(=O)O)cc1. The molecule has 1 N–H and O–H groups in total. The van der Waals surface area contributed by atoms with Crippen molar-refractivity contribution in [2.24, 2.45) is 0 Å². The fraction of sp³-hybridized carbons (Fsp3) is 0.333. The van der Waals surface area contributed by atoms with E-state index in [4.69, 9.17) is 9.84 Å². The number of aromatic carboxylic acids is 1. The molecule has 1 rings (SSSR count). The molecule has 0 radical (unpaired) electrons. The minimum atomic E-state index is -0.965. The predicted octanol–water partition coefficient (Wildman–Crippen LogP) is 1.24. The van der Waals surface area contributed by atoms with E-state index in [-0.39, 0.29) is 11.5 Å². The van der Waals surface area contributed by atoms with Gasteiger partial charge in [-0.15, -0.1) is 0 Å². The second-order valence-electron chi connectivity index (χ2n) is 3.62. The third-order valence-electron chi connectivity index (χ3n) is 2.33. The number of carbonyl (C=O) groups excluding carboxylic acids is 1. The molecular weight excluding hydrogens is 222 g/mol. The van der Waals surface area contributed by atoms with Gasteiger partial charge in [0, 0.05) is 14.0 Å². The lowest BCUT2D eigenvalue weighted by Gasteiger charge is -2.15. The van der Waals surface area contributed by atoms with Gasteiger partial charge in [-0.25, -0.2) is 4.79 Å². The standard InChI is InChI=1S/C12H15NO4/c1-9(14)13(2)7-8-17-11-5-3-10(4-6-11)12(15)16/h3-6H,7-8H2,1-2H3,(H,15,16). The second-order valence-corrected chi connectivity index (χ2v) is 3.62. The van der Waals surface area contributed by atoms with Crippen LogP contribution in [0.3, 0.4) is 0 Å². The zero-order chi connectivity index (χ0) is 12.8. The van der Waals surface area contributed by atoms with Gasteiger partial charge in [0.1, 0.15) is 12.4 Å². The summed E-state index contributed by atoms with van der Waals surface area (Å²) in [5.41, 5.74) is 0.221. The summed E-state index contributed by atoms with van der Waals surface area (Å²) >= 11 is 0. The molecule has 92 valence electrons. The molecule has 0 aliphatic heterocycles. The highest BCUT2D eigenvalue weighted by atomic mass is 16.5. The minimum Gasteiger partial charge on any atom is -0.492 e. The lowest BCUT2D eigenvalue weighted by atomic mass is 10.2. The van der Waals surface area contributed by atoms with Crippen molar-refractivity contribution in [2.75, 3.05) is 20.2 Å². The van der Waals surface area contributed by atoms with Crippen molar-refractivity contribution >= 4 is 11.9 Å². The van der Waals surface area contributed by atoms with E-state index in [1.54, 1.807) is 24.1 Å². The molecule has 17 heavy (non-hydrogen) atoms. The van der Waals surface area contributed by atoms with E-state index in [9.17, 15) is 9.59 Å². The molecule has 0 saturated heterocycles. The average molecular weight is 237 g/mol. The zero-order valence-electron chi connectivity index (χ0n) is 9.84. The highest BCUT2D eigenvalue weighted by molar-refractivity contribution is 5.87. The van der Waals surface area contributed by atoms with Gasteiger partial charge in [0.25, 0.3) is 0 Å². The number of nitrogens with zero attached hydrogens (tertiary/aromatic N) is 1. The number of likely N-dealkylation sites (N-methyl/N-ethyl adjacent to an activating group) is 1. The van der Waals surface area contributed by atoms with Gasteiger partial charge in [-0.3, -0.25) is 4.79 Å². The minimum absolute atomic E-state index is 0.0187. The molecule has 5 heteroatoms. The van der Waals surface area contributed by atoms with Crippen molar-refractivity contribution in [3.63, 3.8) is 0 Å². The zero-order valence-corrected chi connectivity index (χ0v) is 9.84. The first-order chi connectivity index (χ1) is 8.00. The summed E-state index contributed by atoms with van der Waals surface area (Å²) in [5.74, 6) is -0.394.